The highest BCUT2D eigenvalue weighted by Gasteiger charge is 2.26. The van der Waals surface area contributed by atoms with Crippen LogP contribution in [0.25, 0.3) is 0 Å². The first-order chi connectivity index (χ1) is 13.8. The van der Waals surface area contributed by atoms with E-state index in [2.05, 4.69) is 15.9 Å². The minimum absolute atomic E-state index is 0.000630. The monoisotopic (exact) mass is 486 g/mol. The Hall–Kier alpha value is -2.04. The molecule has 0 fully saturated rings. The number of halogens is 1. The summed E-state index contributed by atoms with van der Waals surface area (Å²) in [7, 11) is -2.04. The Morgan fingerprint density at radius 1 is 1.17 bits per heavy atom. The van der Waals surface area contributed by atoms with Crippen LogP contribution in [0.1, 0.15) is 29.9 Å². The van der Waals surface area contributed by atoms with Gasteiger partial charge >= 0.3 is 5.97 Å². The first kappa shape index (κ1) is 21.7. The number of ether oxygens (including phenoxy) is 3. The molecule has 2 aromatic rings. The number of esters is 1. The third kappa shape index (κ3) is 4.44. The fourth-order valence-corrected chi connectivity index (χ4v) is 4.99. The van der Waals surface area contributed by atoms with Gasteiger partial charge < -0.3 is 18.8 Å². The van der Waals surface area contributed by atoms with E-state index < -0.39 is 16.0 Å². The van der Waals surface area contributed by atoms with E-state index in [-0.39, 0.29) is 17.2 Å². The lowest BCUT2D eigenvalue weighted by Crippen LogP contribution is -2.30. The number of sulfonamides is 1. The molecule has 0 atom stereocenters. The SMILES string of the molecule is CCN(CC)S(=O)(=O)c1cc(C(=O)OCc2cc3c(cc2Br)OCCO3)n(C)c1. The topological polar surface area (TPSA) is 87.1 Å². The second kappa shape index (κ2) is 8.76. The van der Waals surface area contributed by atoms with Crippen molar-refractivity contribution in [3.05, 3.63) is 40.1 Å². The number of hydrogen-bond acceptors (Lipinski definition) is 6. The van der Waals surface area contributed by atoms with Gasteiger partial charge in [-0.2, -0.15) is 4.31 Å². The van der Waals surface area contributed by atoms with Gasteiger partial charge in [-0.15, -0.1) is 0 Å². The molecule has 0 unspecified atom stereocenters. The van der Waals surface area contributed by atoms with Crippen molar-refractivity contribution in [2.45, 2.75) is 25.3 Å². The van der Waals surface area contributed by atoms with Gasteiger partial charge in [0.25, 0.3) is 0 Å². The lowest BCUT2D eigenvalue weighted by molar-refractivity contribution is 0.0460. The number of hydrogen-bond donors (Lipinski definition) is 0. The van der Waals surface area contributed by atoms with Crippen molar-refractivity contribution in [1.29, 1.82) is 0 Å². The number of rotatable bonds is 7. The van der Waals surface area contributed by atoms with Gasteiger partial charge in [0.05, 0.1) is 0 Å². The van der Waals surface area contributed by atoms with E-state index in [4.69, 9.17) is 14.2 Å². The zero-order chi connectivity index (χ0) is 21.2. The zero-order valence-corrected chi connectivity index (χ0v) is 18.9. The molecule has 1 aromatic heterocycles. The standard InChI is InChI=1S/C19H23BrN2O6S/c1-4-22(5-2)29(24,25)14-9-16(21(3)11-14)19(23)28-12-13-8-17-18(10-15(13)20)27-7-6-26-17/h8-11H,4-7,12H2,1-3H3. The second-order valence-corrected chi connectivity index (χ2v) is 9.22. The van der Waals surface area contributed by atoms with Gasteiger partial charge in [0, 0.05) is 36.4 Å². The minimum atomic E-state index is -3.65. The van der Waals surface area contributed by atoms with Gasteiger partial charge in [-0.25, -0.2) is 13.2 Å². The van der Waals surface area contributed by atoms with Crippen molar-refractivity contribution in [1.82, 2.24) is 8.87 Å². The Morgan fingerprint density at radius 3 is 2.41 bits per heavy atom. The summed E-state index contributed by atoms with van der Waals surface area (Å²) in [4.78, 5) is 12.6. The Bertz CT molecular complexity index is 1010. The molecule has 0 N–H and O–H groups in total. The highest BCUT2D eigenvalue weighted by Crippen LogP contribution is 2.35. The Kier molecular flexibility index (Phi) is 6.55. The first-order valence-electron chi connectivity index (χ1n) is 9.19. The van der Waals surface area contributed by atoms with Crippen LogP contribution in [-0.4, -0.2) is 49.6 Å². The summed E-state index contributed by atoms with van der Waals surface area (Å²) in [6, 6.07) is 4.87. The van der Waals surface area contributed by atoms with Gasteiger partial charge in [0.1, 0.15) is 30.4 Å². The average Bonchev–Trinajstić information content (AvgIpc) is 3.09. The summed E-state index contributed by atoms with van der Waals surface area (Å²) in [5.41, 5.74) is 0.872. The number of carbonyl (C=O) groups excluding carboxylic acids is 1. The van der Waals surface area contributed by atoms with Crippen molar-refractivity contribution in [2.24, 2.45) is 7.05 Å². The lowest BCUT2D eigenvalue weighted by Gasteiger charge is -2.19. The Labute approximate surface area is 178 Å². The van der Waals surface area contributed by atoms with Crippen LogP contribution < -0.4 is 9.47 Å². The molecule has 158 valence electrons. The second-order valence-electron chi connectivity index (χ2n) is 6.42. The number of benzene rings is 1. The molecule has 1 aromatic carbocycles. The third-order valence-electron chi connectivity index (χ3n) is 4.60. The average molecular weight is 487 g/mol. The summed E-state index contributed by atoms with van der Waals surface area (Å²) in [5, 5.41) is 0. The maximum Gasteiger partial charge on any atom is 0.355 e. The van der Waals surface area contributed by atoms with Crippen molar-refractivity contribution in [3.8, 4) is 11.5 Å². The quantitative estimate of drug-likeness (QED) is 0.559. The Balaban J connectivity index is 1.76. The van der Waals surface area contributed by atoms with Crippen LogP contribution in [0.5, 0.6) is 11.5 Å². The molecule has 0 aliphatic carbocycles. The molecular formula is C19H23BrN2O6S. The maximum absolute atomic E-state index is 12.7. The van der Waals surface area contributed by atoms with Crippen LogP contribution >= 0.6 is 15.9 Å². The lowest BCUT2D eigenvalue weighted by atomic mass is 10.2. The molecule has 2 heterocycles. The minimum Gasteiger partial charge on any atom is -0.486 e. The van der Waals surface area contributed by atoms with E-state index >= 15 is 0 Å². The molecule has 8 nitrogen and oxygen atoms in total. The van der Waals surface area contributed by atoms with E-state index in [0.29, 0.717) is 43.4 Å². The van der Waals surface area contributed by atoms with Gasteiger partial charge in [-0.3, -0.25) is 0 Å². The normalized spacial score (nSPS) is 13.6. The molecule has 0 radical (unpaired) electrons. The summed E-state index contributed by atoms with van der Waals surface area (Å²) in [5.74, 6) is 0.610. The number of fused-ring (bicyclic) bond motifs is 1. The predicted molar refractivity (Wildman–Crippen MR) is 110 cm³/mol. The van der Waals surface area contributed by atoms with Crippen molar-refractivity contribution >= 4 is 31.9 Å². The predicted octanol–water partition coefficient (Wildman–Crippen LogP) is 2.95. The van der Waals surface area contributed by atoms with Crippen LogP contribution in [0.4, 0.5) is 0 Å². The molecule has 29 heavy (non-hydrogen) atoms. The van der Waals surface area contributed by atoms with Crippen molar-refractivity contribution in [2.75, 3.05) is 26.3 Å². The van der Waals surface area contributed by atoms with Gasteiger partial charge in [-0.05, 0) is 18.2 Å². The van der Waals surface area contributed by atoms with Crippen molar-refractivity contribution in [3.63, 3.8) is 0 Å². The summed E-state index contributed by atoms with van der Waals surface area (Å²) < 4.78 is 45.3. The molecular weight excluding hydrogens is 464 g/mol. The molecule has 0 saturated carbocycles. The maximum atomic E-state index is 12.7. The van der Waals surface area contributed by atoms with E-state index in [0.717, 1.165) is 4.47 Å². The number of carbonyl (C=O) groups is 1. The molecule has 10 heteroatoms. The number of aromatic nitrogens is 1. The molecule has 0 spiro atoms. The fourth-order valence-electron chi connectivity index (χ4n) is 3.02. The number of aryl methyl sites for hydroxylation is 1. The van der Waals surface area contributed by atoms with Crippen molar-refractivity contribution < 1.29 is 27.4 Å². The summed E-state index contributed by atoms with van der Waals surface area (Å²) in [6.45, 7) is 5.19. The molecule has 0 saturated heterocycles. The van der Waals surface area contributed by atoms with Crippen LogP contribution in [0.15, 0.2) is 33.8 Å². The van der Waals surface area contributed by atoms with Gasteiger partial charge in [-0.1, -0.05) is 29.8 Å². The van der Waals surface area contributed by atoms with Crippen LogP contribution in [0.3, 0.4) is 0 Å². The largest absolute Gasteiger partial charge is 0.486 e. The van der Waals surface area contributed by atoms with E-state index in [1.54, 1.807) is 33.0 Å². The molecule has 3 rings (SSSR count). The highest BCUT2D eigenvalue weighted by molar-refractivity contribution is 9.10. The first-order valence-corrected chi connectivity index (χ1v) is 11.4. The summed E-state index contributed by atoms with van der Waals surface area (Å²) in [6.07, 6.45) is 1.42. The number of nitrogens with zero attached hydrogens (tertiary/aromatic N) is 2. The van der Waals surface area contributed by atoms with Crippen LogP contribution in [0.2, 0.25) is 0 Å². The summed E-state index contributed by atoms with van der Waals surface area (Å²) >= 11 is 3.44. The van der Waals surface area contributed by atoms with E-state index in [9.17, 15) is 13.2 Å². The molecule has 1 aliphatic rings. The fraction of sp³-hybridized carbons (Fsp3) is 0.421. The van der Waals surface area contributed by atoms with Crippen LogP contribution in [0, 0.1) is 0 Å². The molecule has 0 amide bonds. The Morgan fingerprint density at radius 2 is 1.79 bits per heavy atom. The van der Waals surface area contributed by atoms with Crippen LogP contribution in [-0.2, 0) is 28.4 Å². The zero-order valence-electron chi connectivity index (χ0n) is 16.5. The van der Waals surface area contributed by atoms with Gasteiger partial charge in [0.15, 0.2) is 11.5 Å². The van der Waals surface area contributed by atoms with E-state index in [1.807, 2.05) is 0 Å². The smallest absolute Gasteiger partial charge is 0.355 e. The molecule has 0 bridgehead atoms. The molecule has 1 aliphatic heterocycles. The van der Waals surface area contributed by atoms with E-state index in [1.165, 1.54) is 21.1 Å². The highest BCUT2D eigenvalue weighted by atomic mass is 79.9. The van der Waals surface area contributed by atoms with Gasteiger partial charge in [0.2, 0.25) is 10.0 Å². The third-order valence-corrected chi connectivity index (χ3v) is 7.36.